The largest absolute Gasteiger partial charge is 0.416 e. The topological polar surface area (TPSA) is 71.0 Å². The molecule has 0 unspecified atom stereocenters. The molecule has 11 heteroatoms. The van der Waals surface area contributed by atoms with Crippen LogP contribution in [-0.4, -0.2) is 39.4 Å². The fourth-order valence-electron chi connectivity index (χ4n) is 2.37. The van der Waals surface area contributed by atoms with Gasteiger partial charge < -0.3 is 9.84 Å². The Morgan fingerprint density at radius 2 is 1.96 bits per heavy atom. The average Bonchev–Trinajstić information content (AvgIpc) is 3.04. The molecule has 0 bridgehead atoms. The number of halogens is 6. The fourth-order valence-corrected chi connectivity index (χ4v) is 2.37. The first-order chi connectivity index (χ1) is 12.1. The van der Waals surface area contributed by atoms with Crippen LogP contribution in [0.15, 0.2) is 24.5 Å². The average molecular weight is 383 g/mol. The summed E-state index contributed by atoms with van der Waals surface area (Å²) in [4.78, 5) is 3.76. The van der Waals surface area contributed by atoms with Crippen LogP contribution in [0, 0.1) is 17.6 Å². The Kier molecular flexibility index (Phi) is 5.91. The zero-order chi connectivity index (χ0) is 19.5. The van der Waals surface area contributed by atoms with Crippen molar-refractivity contribution in [3.8, 4) is 0 Å². The first kappa shape index (κ1) is 20.2. The van der Waals surface area contributed by atoms with Crippen LogP contribution < -0.4 is 0 Å². The van der Waals surface area contributed by atoms with Gasteiger partial charge in [-0.05, 0) is 6.07 Å². The van der Waals surface area contributed by atoms with Gasteiger partial charge in [0.1, 0.15) is 23.6 Å². The van der Waals surface area contributed by atoms with Crippen LogP contribution in [0.1, 0.15) is 18.3 Å². The summed E-state index contributed by atoms with van der Waals surface area (Å²) in [5.74, 6) is -3.36. The van der Waals surface area contributed by atoms with E-state index in [-0.39, 0.29) is 5.82 Å². The number of aliphatic hydroxyl groups is 1. The monoisotopic (exact) mass is 383 g/mol. The molecule has 0 amide bonds. The molecule has 1 aromatic heterocycles. The van der Waals surface area contributed by atoms with Crippen LogP contribution in [0.2, 0.25) is 0 Å². The molecule has 0 fully saturated rings. The quantitative estimate of drug-likeness (QED) is 0.688. The van der Waals surface area contributed by atoms with E-state index in [0.717, 1.165) is 12.1 Å². The first-order valence-electron chi connectivity index (χ1n) is 7.38. The van der Waals surface area contributed by atoms with E-state index >= 15 is 0 Å². The van der Waals surface area contributed by atoms with Crippen LogP contribution in [0.3, 0.4) is 0 Å². The highest BCUT2D eigenvalue weighted by Gasteiger charge is 2.45. The van der Waals surface area contributed by atoms with Crippen molar-refractivity contribution in [3.63, 3.8) is 0 Å². The molecule has 2 aromatic rings. The molecule has 0 aliphatic heterocycles. The number of benzene rings is 1. The SMILES string of the molecule is C[C@@H](COC(F)(F)C(F)F)[C@](O)(Cc1nc[nH]n1)c1ccc(F)cc1F. The summed E-state index contributed by atoms with van der Waals surface area (Å²) in [6.07, 6.45) is -8.09. The van der Waals surface area contributed by atoms with E-state index in [9.17, 15) is 31.4 Å². The van der Waals surface area contributed by atoms with Gasteiger partial charge in [0.25, 0.3) is 0 Å². The number of aromatic amines is 1. The summed E-state index contributed by atoms with van der Waals surface area (Å²) in [5.41, 5.74) is -2.65. The molecule has 2 atom stereocenters. The van der Waals surface area contributed by atoms with Gasteiger partial charge in [0.05, 0.1) is 6.61 Å². The van der Waals surface area contributed by atoms with E-state index in [1.807, 2.05) is 0 Å². The van der Waals surface area contributed by atoms with E-state index in [2.05, 4.69) is 19.9 Å². The zero-order valence-electron chi connectivity index (χ0n) is 13.4. The Hall–Kier alpha value is -2.14. The van der Waals surface area contributed by atoms with E-state index < -0.39 is 54.3 Å². The molecule has 0 saturated heterocycles. The highest BCUT2D eigenvalue weighted by Crippen LogP contribution is 2.36. The minimum atomic E-state index is -4.74. The van der Waals surface area contributed by atoms with E-state index in [1.54, 1.807) is 0 Å². The van der Waals surface area contributed by atoms with Crippen LogP contribution in [0.25, 0.3) is 0 Å². The summed E-state index contributed by atoms with van der Waals surface area (Å²) in [6, 6.07) is 2.29. The molecule has 26 heavy (non-hydrogen) atoms. The van der Waals surface area contributed by atoms with Gasteiger partial charge in [-0.2, -0.15) is 13.9 Å². The Labute approximate surface area is 144 Å². The van der Waals surface area contributed by atoms with Gasteiger partial charge in [0, 0.05) is 24.0 Å². The summed E-state index contributed by atoms with van der Waals surface area (Å²) in [6.45, 7) is 0.159. The predicted molar refractivity (Wildman–Crippen MR) is 76.4 cm³/mol. The minimum absolute atomic E-state index is 0.00342. The Bertz CT molecular complexity index is 728. The Balaban J connectivity index is 2.33. The number of aromatic nitrogens is 3. The lowest BCUT2D eigenvalue weighted by atomic mass is 9.79. The minimum Gasteiger partial charge on any atom is -0.384 e. The number of H-pyrrole nitrogens is 1. The van der Waals surface area contributed by atoms with Crippen LogP contribution in [0.5, 0.6) is 0 Å². The lowest BCUT2D eigenvalue weighted by Gasteiger charge is -2.34. The first-order valence-corrected chi connectivity index (χ1v) is 7.38. The number of nitrogens with one attached hydrogen (secondary N) is 1. The van der Waals surface area contributed by atoms with Crippen LogP contribution >= 0.6 is 0 Å². The predicted octanol–water partition coefficient (Wildman–Crippen LogP) is 3.02. The summed E-state index contributed by atoms with van der Waals surface area (Å²) < 4.78 is 81.7. The van der Waals surface area contributed by atoms with Crippen molar-refractivity contribution in [2.45, 2.75) is 31.5 Å². The number of alkyl halides is 4. The molecule has 0 aliphatic rings. The van der Waals surface area contributed by atoms with Crippen molar-refractivity contribution < 1.29 is 36.2 Å². The number of hydrogen-bond acceptors (Lipinski definition) is 4. The number of hydrogen-bond donors (Lipinski definition) is 2. The van der Waals surface area contributed by atoms with E-state index in [1.165, 1.54) is 13.3 Å². The molecule has 0 aliphatic carbocycles. The Morgan fingerprint density at radius 3 is 2.50 bits per heavy atom. The fraction of sp³-hybridized carbons (Fsp3) is 0.467. The van der Waals surface area contributed by atoms with Gasteiger partial charge in [0.2, 0.25) is 0 Å². The van der Waals surface area contributed by atoms with Gasteiger partial charge in [0.15, 0.2) is 5.82 Å². The second-order valence-corrected chi connectivity index (χ2v) is 5.72. The van der Waals surface area contributed by atoms with Gasteiger partial charge in [-0.1, -0.05) is 13.0 Å². The smallest absolute Gasteiger partial charge is 0.384 e. The lowest BCUT2D eigenvalue weighted by Crippen LogP contribution is -2.42. The number of rotatable bonds is 8. The van der Waals surface area contributed by atoms with Crippen molar-refractivity contribution in [2.75, 3.05) is 6.61 Å². The third-order valence-corrected chi connectivity index (χ3v) is 3.89. The maximum absolute atomic E-state index is 14.2. The van der Waals surface area contributed by atoms with Gasteiger partial charge in [-0.3, -0.25) is 5.10 Å². The van der Waals surface area contributed by atoms with Crippen molar-refractivity contribution >= 4 is 0 Å². The molecule has 2 rings (SSSR count). The maximum Gasteiger partial charge on any atom is 0.416 e. The second-order valence-electron chi connectivity index (χ2n) is 5.72. The van der Waals surface area contributed by atoms with Crippen molar-refractivity contribution in [3.05, 3.63) is 47.5 Å². The van der Waals surface area contributed by atoms with Crippen molar-refractivity contribution in [2.24, 2.45) is 5.92 Å². The van der Waals surface area contributed by atoms with Crippen molar-refractivity contribution in [1.82, 2.24) is 15.2 Å². The molecule has 1 aromatic carbocycles. The highest BCUT2D eigenvalue weighted by atomic mass is 19.3. The molecular weight excluding hydrogens is 368 g/mol. The molecule has 2 N–H and O–H groups in total. The van der Waals surface area contributed by atoms with Gasteiger partial charge in [-0.25, -0.2) is 22.5 Å². The summed E-state index contributed by atoms with van der Waals surface area (Å²) in [7, 11) is 0. The molecule has 1 heterocycles. The molecule has 0 radical (unpaired) electrons. The van der Waals surface area contributed by atoms with E-state index in [4.69, 9.17) is 0 Å². The third kappa shape index (κ3) is 4.33. The maximum atomic E-state index is 14.2. The standard InChI is InChI=1S/C15H15F6N3O2/c1-8(6-26-15(20,21)13(18)19)14(25,5-12-22-7-23-24-12)10-3-2-9(16)4-11(10)17/h2-4,7-8,13,25H,5-6H2,1H3,(H,22,23,24)/t8-,14+/m0/s1. The van der Waals surface area contributed by atoms with Crippen LogP contribution in [-0.2, 0) is 16.8 Å². The summed E-state index contributed by atoms with van der Waals surface area (Å²) in [5, 5.41) is 17.0. The normalized spacial score (nSPS) is 15.9. The lowest BCUT2D eigenvalue weighted by molar-refractivity contribution is -0.308. The second kappa shape index (κ2) is 7.62. The van der Waals surface area contributed by atoms with Crippen LogP contribution in [0.4, 0.5) is 26.3 Å². The molecule has 5 nitrogen and oxygen atoms in total. The summed E-state index contributed by atoms with van der Waals surface area (Å²) >= 11 is 0. The van der Waals surface area contributed by atoms with E-state index in [0.29, 0.717) is 6.07 Å². The molecule has 0 spiro atoms. The highest BCUT2D eigenvalue weighted by molar-refractivity contribution is 5.27. The van der Waals surface area contributed by atoms with Gasteiger partial charge >= 0.3 is 12.5 Å². The third-order valence-electron chi connectivity index (χ3n) is 3.89. The molecule has 0 saturated carbocycles. The van der Waals surface area contributed by atoms with Crippen molar-refractivity contribution in [1.29, 1.82) is 0 Å². The number of ether oxygens (including phenoxy) is 1. The molecule has 144 valence electrons. The number of nitrogens with zero attached hydrogens (tertiary/aromatic N) is 2. The zero-order valence-corrected chi connectivity index (χ0v) is 13.4. The van der Waals surface area contributed by atoms with Gasteiger partial charge in [-0.15, -0.1) is 0 Å². The Morgan fingerprint density at radius 1 is 1.27 bits per heavy atom. The molecular formula is C15H15F6N3O2.